The number of benzene rings is 2. The zero-order valence-corrected chi connectivity index (χ0v) is 18.6. The highest BCUT2D eigenvalue weighted by Crippen LogP contribution is 2.34. The van der Waals surface area contributed by atoms with E-state index in [0.29, 0.717) is 12.0 Å². The third-order valence-corrected chi connectivity index (χ3v) is 6.67. The minimum atomic E-state index is -0.824. The second-order valence-electron chi connectivity index (χ2n) is 8.93. The van der Waals surface area contributed by atoms with E-state index in [9.17, 15) is 13.2 Å². The van der Waals surface area contributed by atoms with Gasteiger partial charge in [0.15, 0.2) is 0 Å². The summed E-state index contributed by atoms with van der Waals surface area (Å²) < 4.78 is 39.8. The summed E-state index contributed by atoms with van der Waals surface area (Å²) in [6.45, 7) is -0.262. The number of allylic oxidation sites excluding steroid dienone is 2. The van der Waals surface area contributed by atoms with Crippen molar-refractivity contribution < 1.29 is 13.2 Å². The Hall–Kier alpha value is -2.54. The number of hydrogen-bond donors (Lipinski definition) is 0. The van der Waals surface area contributed by atoms with Crippen LogP contribution in [0.3, 0.4) is 0 Å². The molecule has 2 aromatic rings. The van der Waals surface area contributed by atoms with Crippen LogP contribution in [-0.2, 0) is 6.42 Å². The third kappa shape index (κ3) is 6.99. The summed E-state index contributed by atoms with van der Waals surface area (Å²) in [5.74, 6) is -0.0312. The first-order valence-corrected chi connectivity index (χ1v) is 11.8. The molecule has 0 heterocycles. The lowest BCUT2D eigenvalue weighted by Gasteiger charge is -2.28. The van der Waals surface area contributed by atoms with Crippen molar-refractivity contribution in [2.75, 3.05) is 6.67 Å². The Balaban J connectivity index is 1.41. The van der Waals surface area contributed by atoms with E-state index in [1.54, 1.807) is 6.07 Å². The van der Waals surface area contributed by atoms with Crippen LogP contribution in [0.25, 0.3) is 11.1 Å². The van der Waals surface area contributed by atoms with E-state index in [1.165, 1.54) is 62.6 Å². The Morgan fingerprint density at radius 3 is 2.03 bits per heavy atom. The van der Waals surface area contributed by atoms with Crippen LogP contribution < -0.4 is 0 Å². The SMILES string of the molecule is N#Cc1c(F)cc(-c2ccc(CCC3CCC(CCCC=CCCF)CC3)cc2)cc1F. The predicted octanol–water partition coefficient (Wildman–Crippen LogP) is 8.33. The maximum absolute atomic E-state index is 13.9. The van der Waals surface area contributed by atoms with Gasteiger partial charge in [-0.25, -0.2) is 8.78 Å². The molecule has 170 valence electrons. The van der Waals surface area contributed by atoms with Crippen LogP contribution >= 0.6 is 0 Å². The molecule has 0 saturated heterocycles. The van der Waals surface area contributed by atoms with Gasteiger partial charge in [-0.1, -0.05) is 68.5 Å². The van der Waals surface area contributed by atoms with Crippen LogP contribution in [-0.4, -0.2) is 6.67 Å². The average molecular weight is 440 g/mol. The fraction of sp³-hybridized carbons (Fsp3) is 0.464. The highest BCUT2D eigenvalue weighted by molar-refractivity contribution is 5.65. The molecule has 0 amide bonds. The fourth-order valence-electron chi connectivity index (χ4n) is 4.71. The third-order valence-electron chi connectivity index (χ3n) is 6.67. The molecule has 1 fully saturated rings. The van der Waals surface area contributed by atoms with E-state index in [1.807, 2.05) is 30.3 Å². The Bertz CT molecular complexity index is 896. The number of unbranched alkanes of at least 4 members (excludes halogenated alkanes) is 1. The Morgan fingerprint density at radius 1 is 0.844 bits per heavy atom. The summed E-state index contributed by atoms with van der Waals surface area (Å²) in [5, 5.41) is 8.81. The number of rotatable bonds is 10. The molecule has 0 N–H and O–H groups in total. The number of aryl methyl sites for hydroxylation is 1. The quantitative estimate of drug-likeness (QED) is 0.270. The molecule has 4 heteroatoms. The lowest BCUT2D eigenvalue weighted by Crippen LogP contribution is -2.15. The Kier molecular flexibility index (Phi) is 9.41. The van der Waals surface area contributed by atoms with E-state index in [4.69, 9.17) is 5.26 Å². The van der Waals surface area contributed by atoms with Crippen molar-refractivity contribution in [1.82, 2.24) is 0 Å². The second kappa shape index (κ2) is 12.5. The molecule has 0 bridgehead atoms. The molecular formula is C28H32F3N. The van der Waals surface area contributed by atoms with Gasteiger partial charge in [-0.15, -0.1) is 0 Å². The molecule has 0 spiro atoms. The molecular weight excluding hydrogens is 407 g/mol. The van der Waals surface area contributed by atoms with Gasteiger partial charge in [0.05, 0.1) is 6.67 Å². The van der Waals surface area contributed by atoms with Gasteiger partial charge in [-0.3, -0.25) is 4.39 Å². The van der Waals surface area contributed by atoms with Gasteiger partial charge in [0.2, 0.25) is 0 Å². The van der Waals surface area contributed by atoms with Gasteiger partial charge in [0.1, 0.15) is 23.3 Å². The van der Waals surface area contributed by atoms with Crippen LogP contribution in [0.4, 0.5) is 13.2 Å². The Morgan fingerprint density at radius 2 is 1.44 bits per heavy atom. The summed E-state index contributed by atoms with van der Waals surface area (Å²) in [7, 11) is 0. The maximum Gasteiger partial charge on any atom is 0.144 e. The van der Waals surface area contributed by atoms with E-state index in [2.05, 4.69) is 6.08 Å². The highest BCUT2D eigenvalue weighted by atomic mass is 19.1. The molecule has 0 atom stereocenters. The van der Waals surface area contributed by atoms with Crippen LogP contribution in [0.5, 0.6) is 0 Å². The van der Waals surface area contributed by atoms with Crippen molar-refractivity contribution in [3.63, 3.8) is 0 Å². The van der Waals surface area contributed by atoms with Crippen molar-refractivity contribution in [3.8, 4) is 17.2 Å². The van der Waals surface area contributed by atoms with Crippen molar-refractivity contribution in [2.24, 2.45) is 11.8 Å². The molecule has 0 aromatic heterocycles. The average Bonchev–Trinajstić information content (AvgIpc) is 2.81. The molecule has 0 radical (unpaired) electrons. The summed E-state index contributed by atoms with van der Waals surface area (Å²) >= 11 is 0. The molecule has 1 saturated carbocycles. The zero-order chi connectivity index (χ0) is 22.8. The van der Waals surface area contributed by atoms with Crippen LogP contribution in [0, 0.1) is 34.8 Å². The van der Waals surface area contributed by atoms with E-state index in [0.717, 1.165) is 30.2 Å². The van der Waals surface area contributed by atoms with Gasteiger partial charge in [0.25, 0.3) is 0 Å². The van der Waals surface area contributed by atoms with E-state index >= 15 is 0 Å². The predicted molar refractivity (Wildman–Crippen MR) is 124 cm³/mol. The number of hydrogen-bond acceptors (Lipinski definition) is 1. The lowest BCUT2D eigenvalue weighted by atomic mass is 9.78. The first-order chi connectivity index (χ1) is 15.6. The van der Waals surface area contributed by atoms with E-state index in [-0.39, 0.29) is 6.67 Å². The Labute approximate surface area is 190 Å². The highest BCUT2D eigenvalue weighted by Gasteiger charge is 2.20. The van der Waals surface area contributed by atoms with Crippen LogP contribution in [0.1, 0.15) is 68.9 Å². The minimum absolute atomic E-state index is 0.262. The second-order valence-corrected chi connectivity index (χ2v) is 8.93. The number of halogens is 3. The van der Waals surface area contributed by atoms with Crippen molar-refractivity contribution in [2.45, 2.75) is 64.2 Å². The monoisotopic (exact) mass is 439 g/mol. The first-order valence-electron chi connectivity index (χ1n) is 11.8. The lowest BCUT2D eigenvalue weighted by molar-refractivity contribution is 0.250. The normalized spacial score (nSPS) is 18.7. The molecule has 0 unspecified atom stereocenters. The van der Waals surface area contributed by atoms with Crippen molar-refractivity contribution >= 4 is 0 Å². The molecule has 3 rings (SSSR count). The largest absolute Gasteiger partial charge is 0.251 e. The summed E-state index contributed by atoms with van der Waals surface area (Å²) in [5.41, 5.74) is 1.90. The van der Waals surface area contributed by atoms with E-state index < -0.39 is 17.2 Å². The summed E-state index contributed by atoms with van der Waals surface area (Å²) in [6.07, 6.45) is 15.6. The number of nitriles is 1. The van der Waals surface area contributed by atoms with Crippen molar-refractivity contribution in [1.29, 1.82) is 5.26 Å². The van der Waals surface area contributed by atoms with Gasteiger partial charge in [-0.2, -0.15) is 5.26 Å². The van der Waals surface area contributed by atoms with Gasteiger partial charge >= 0.3 is 0 Å². The standard InChI is InChI=1S/C28H32F3N/c29-17-5-3-1-2-4-6-21-7-9-22(10-8-21)11-12-23-13-15-24(16-14-23)25-18-27(30)26(20-32)28(31)19-25/h1,3,13-16,18-19,21-22H,2,4-12,17H2. The molecule has 1 nitrogen and oxygen atoms in total. The zero-order valence-electron chi connectivity index (χ0n) is 18.6. The van der Waals surface area contributed by atoms with Gasteiger partial charge < -0.3 is 0 Å². The smallest absolute Gasteiger partial charge is 0.144 e. The first kappa shape index (κ1) is 24.1. The minimum Gasteiger partial charge on any atom is -0.251 e. The number of nitrogens with zero attached hydrogens (tertiary/aromatic N) is 1. The van der Waals surface area contributed by atoms with Crippen LogP contribution in [0.15, 0.2) is 48.6 Å². The van der Waals surface area contributed by atoms with Gasteiger partial charge in [-0.05, 0) is 72.8 Å². The summed E-state index contributed by atoms with van der Waals surface area (Å²) in [4.78, 5) is 0. The summed E-state index contributed by atoms with van der Waals surface area (Å²) in [6, 6.07) is 11.9. The maximum atomic E-state index is 13.9. The van der Waals surface area contributed by atoms with Gasteiger partial charge in [0, 0.05) is 0 Å². The molecule has 1 aliphatic rings. The number of alkyl halides is 1. The molecule has 0 aliphatic heterocycles. The van der Waals surface area contributed by atoms with Crippen LogP contribution in [0.2, 0.25) is 0 Å². The molecule has 32 heavy (non-hydrogen) atoms. The molecule has 2 aromatic carbocycles. The molecule has 1 aliphatic carbocycles. The van der Waals surface area contributed by atoms with Crippen molar-refractivity contribution in [3.05, 3.63) is 71.3 Å². The topological polar surface area (TPSA) is 23.8 Å². The fourth-order valence-corrected chi connectivity index (χ4v) is 4.71.